The Kier molecular flexibility index (Phi) is 8.39. The Morgan fingerprint density at radius 1 is 1.20 bits per heavy atom. The highest BCUT2D eigenvalue weighted by Crippen LogP contribution is 2.39. The van der Waals surface area contributed by atoms with E-state index in [1.54, 1.807) is 4.90 Å². The summed E-state index contributed by atoms with van der Waals surface area (Å²) in [6.45, 7) is 2.84. The second-order valence-electron chi connectivity index (χ2n) is 7.04. The van der Waals surface area contributed by atoms with Crippen molar-refractivity contribution >= 4 is 29.9 Å². The third kappa shape index (κ3) is 6.01. The van der Waals surface area contributed by atoms with Crippen molar-refractivity contribution in [3.05, 3.63) is 29.8 Å². The van der Waals surface area contributed by atoms with Crippen LogP contribution in [-0.2, 0) is 9.59 Å². The quantitative estimate of drug-likeness (QED) is 0.776. The minimum atomic E-state index is -0.397. The van der Waals surface area contributed by atoms with Crippen molar-refractivity contribution in [3.8, 4) is 0 Å². The number of nitrogens with zero attached hydrogens (tertiary/aromatic N) is 1. The predicted octanol–water partition coefficient (Wildman–Crippen LogP) is 2.92. The molecule has 0 atom stereocenters. The van der Waals surface area contributed by atoms with Gasteiger partial charge in [0.25, 0.3) is 0 Å². The van der Waals surface area contributed by atoms with E-state index < -0.39 is 5.91 Å². The first-order chi connectivity index (χ1) is 11.5. The number of amides is 2. The van der Waals surface area contributed by atoms with Crippen molar-refractivity contribution in [2.75, 3.05) is 18.0 Å². The minimum Gasteiger partial charge on any atom is -0.370 e. The molecule has 1 aromatic carbocycles. The van der Waals surface area contributed by atoms with E-state index >= 15 is 0 Å². The van der Waals surface area contributed by atoms with Gasteiger partial charge in [-0.3, -0.25) is 9.59 Å². The van der Waals surface area contributed by atoms with Gasteiger partial charge in [0.05, 0.1) is 0 Å². The summed E-state index contributed by atoms with van der Waals surface area (Å²) in [6, 6.07) is 7.79. The van der Waals surface area contributed by atoms with Crippen LogP contribution >= 0.6 is 12.4 Å². The van der Waals surface area contributed by atoms with Crippen LogP contribution in [-0.4, -0.2) is 24.9 Å². The van der Waals surface area contributed by atoms with Crippen LogP contribution in [0.4, 0.5) is 5.69 Å². The molecule has 0 heterocycles. The molecule has 2 rings (SSSR count). The molecule has 1 aliphatic carbocycles. The van der Waals surface area contributed by atoms with Crippen LogP contribution in [0.3, 0.4) is 0 Å². The molecule has 4 N–H and O–H groups in total. The number of carbonyl (C=O) groups excluding carboxylic acids is 2. The molecule has 6 heteroatoms. The molecule has 1 aromatic rings. The van der Waals surface area contributed by atoms with Gasteiger partial charge in [-0.15, -0.1) is 12.4 Å². The summed E-state index contributed by atoms with van der Waals surface area (Å²) >= 11 is 0. The van der Waals surface area contributed by atoms with Crippen molar-refractivity contribution in [3.63, 3.8) is 0 Å². The van der Waals surface area contributed by atoms with Crippen LogP contribution < -0.4 is 16.4 Å². The summed E-state index contributed by atoms with van der Waals surface area (Å²) < 4.78 is 0. The maximum absolute atomic E-state index is 13.0. The highest BCUT2D eigenvalue weighted by molar-refractivity contribution is 5.94. The Morgan fingerprint density at radius 3 is 2.44 bits per heavy atom. The van der Waals surface area contributed by atoms with Crippen LogP contribution in [0.15, 0.2) is 24.3 Å². The van der Waals surface area contributed by atoms with Crippen LogP contribution in [0.2, 0.25) is 0 Å². The van der Waals surface area contributed by atoms with Crippen molar-refractivity contribution in [2.24, 2.45) is 16.9 Å². The number of primary amides is 1. The van der Waals surface area contributed by atoms with Gasteiger partial charge in [-0.1, -0.05) is 31.4 Å². The van der Waals surface area contributed by atoms with Gasteiger partial charge >= 0.3 is 0 Å². The first-order valence-electron chi connectivity index (χ1n) is 8.81. The highest BCUT2D eigenvalue weighted by atomic mass is 35.5. The van der Waals surface area contributed by atoms with E-state index in [1.165, 1.54) is 6.42 Å². The molecule has 0 spiro atoms. The number of nitrogens with two attached hydrogens (primary N) is 2. The molecule has 5 nitrogen and oxygen atoms in total. The largest absolute Gasteiger partial charge is 0.370 e. The number of halogens is 1. The molecule has 25 heavy (non-hydrogen) atoms. The molecule has 0 saturated heterocycles. The predicted molar refractivity (Wildman–Crippen MR) is 104 cm³/mol. The Bertz CT molecular complexity index is 586. The zero-order chi connectivity index (χ0) is 17.6. The molecule has 0 bridgehead atoms. The number of benzene rings is 1. The maximum Gasteiger partial charge on any atom is 0.227 e. The van der Waals surface area contributed by atoms with E-state index in [9.17, 15) is 9.59 Å². The molecule has 0 unspecified atom stereocenters. The number of hydrogen-bond acceptors (Lipinski definition) is 3. The van der Waals surface area contributed by atoms with E-state index in [0.717, 1.165) is 36.9 Å². The van der Waals surface area contributed by atoms with Crippen LogP contribution in [0.25, 0.3) is 0 Å². The number of carbonyl (C=O) groups is 2. The molecule has 1 fully saturated rings. The van der Waals surface area contributed by atoms with Crippen molar-refractivity contribution < 1.29 is 9.59 Å². The minimum absolute atomic E-state index is 0. The monoisotopic (exact) mass is 367 g/mol. The normalized spacial score (nSPS) is 15.9. The fourth-order valence-electron chi connectivity index (χ4n) is 3.59. The average molecular weight is 368 g/mol. The van der Waals surface area contributed by atoms with Gasteiger partial charge < -0.3 is 16.4 Å². The number of aryl methyl sites for hydroxylation is 1. The zero-order valence-electron chi connectivity index (χ0n) is 15.0. The van der Waals surface area contributed by atoms with E-state index in [-0.39, 0.29) is 30.2 Å². The highest BCUT2D eigenvalue weighted by Gasteiger charge is 2.34. The smallest absolute Gasteiger partial charge is 0.227 e. The molecule has 1 aliphatic rings. The van der Waals surface area contributed by atoms with Crippen molar-refractivity contribution in [1.82, 2.24) is 0 Å². The number of rotatable bonds is 7. The summed E-state index contributed by atoms with van der Waals surface area (Å²) in [5.74, 6) is -0.360. The topological polar surface area (TPSA) is 89.4 Å². The van der Waals surface area contributed by atoms with Crippen LogP contribution in [0.5, 0.6) is 0 Å². The number of anilines is 1. The summed E-state index contributed by atoms with van der Waals surface area (Å²) in [7, 11) is 0. The Morgan fingerprint density at radius 2 is 1.88 bits per heavy atom. The SMILES string of the molecule is Cc1cccc(N(CCC(N)=O)C(=O)CC2(CN)CCCCC2)c1.Cl. The molecule has 0 aromatic heterocycles. The molecular formula is C19H30ClN3O2. The molecule has 2 amide bonds. The Labute approximate surface area is 156 Å². The third-order valence-corrected chi connectivity index (χ3v) is 5.07. The van der Waals surface area contributed by atoms with E-state index in [4.69, 9.17) is 11.5 Å². The summed E-state index contributed by atoms with van der Waals surface area (Å²) in [6.07, 6.45) is 6.11. The van der Waals surface area contributed by atoms with Crippen molar-refractivity contribution in [1.29, 1.82) is 0 Å². The summed E-state index contributed by atoms with van der Waals surface area (Å²) in [5.41, 5.74) is 13.1. The lowest BCUT2D eigenvalue weighted by molar-refractivity contribution is -0.121. The van der Waals surface area contributed by atoms with E-state index in [2.05, 4.69) is 0 Å². The molecule has 0 radical (unpaired) electrons. The molecule has 1 saturated carbocycles. The van der Waals surface area contributed by atoms with Gasteiger partial charge in [0.1, 0.15) is 0 Å². The van der Waals surface area contributed by atoms with Gasteiger partial charge in [-0.25, -0.2) is 0 Å². The second kappa shape index (κ2) is 9.78. The van der Waals surface area contributed by atoms with Gasteiger partial charge in [0.15, 0.2) is 0 Å². The van der Waals surface area contributed by atoms with E-state index in [1.807, 2.05) is 31.2 Å². The van der Waals surface area contributed by atoms with Gasteiger partial charge in [-0.05, 0) is 49.4 Å². The van der Waals surface area contributed by atoms with Gasteiger partial charge in [-0.2, -0.15) is 0 Å². The fraction of sp³-hybridized carbons (Fsp3) is 0.579. The fourth-order valence-corrected chi connectivity index (χ4v) is 3.59. The van der Waals surface area contributed by atoms with Gasteiger partial charge in [0.2, 0.25) is 11.8 Å². The first-order valence-corrected chi connectivity index (χ1v) is 8.81. The average Bonchev–Trinajstić information content (AvgIpc) is 2.55. The van der Waals surface area contributed by atoms with Gasteiger partial charge in [0, 0.05) is 25.1 Å². The number of hydrogen-bond donors (Lipinski definition) is 2. The lowest BCUT2D eigenvalue weighted by atomic mass is 9.71. The summed E-state index contributed by atoms with van der Waals surface area (Å²) in [5, 5.41) is 0. The van der Waals surface area contributed by atoms with E-state index in [0.29, 0.717) is 19.5 Å². The molecule has 0 aliphatic heterocycles. The summed E-state index contributed by atoms with van der Waals surface area (Å²) in [4.78, 5) is 25.9. The Balaban J connectivity index is 0.00000312. The van der Waals surface area contributed by atoms with Crippen LogP contribution in [0, 0.1) is 12.3 Å². The Hall–Kier alpha value is -1.59. The maximum atomic E-state index is 13.0. The standard InChI is InChI=1S/C19H29N3O2.ClH/c1-15-6-5-7-16(12-15)22(11-8-17(21)23)18(24)13-19(14-20)9-3-2-4-10-19;/h5-7,12H,2-4,8-11,13-14,20H2,1H3,(H2,21,23);1H. The molecule has 140 valence electrons. The second-order valence-corrected chi connectivity index (χ2v) is 7.04. The third-order valence-electron chi connectivity index (χ3n) is 5.07. The van der Waals surface area contributed by atoms with Crippen molar-refractivity contribution in [2.45, 2.75) is 51.9 Å². The lowest BCUT2D eigenvalue weighted by Gasteiger charge is -2.37. The lowest BCUT2D eigenvalue weighted by Crippen LogP contribution is -2.41. The van der Waals surface area contributed by atoms with Crippen LogP contribution in [0.1, 0.15) is 50.5 Å². The zero-order valence-corrected chi connectivity index (χ0v) is 15.8. The molecular weight excluding hydrogens is 338 g/mol. The first kappa shape index (κ1) is 21.5.